The summed E-state index contributed by atoms with van der Waals surface area (Å²) in [5.74, 6) is 1.20. The lowest BCUT2D eigenvalue weighted by atomic mass is 10.3. The highest BCUT2D eigenvalue weighted by Crippen LogP contribution is 2.39. The summed E-state index contributed by atoms with van der Waals surface area (Å²) in [7, 11) is 0. The average Bonchev–Trinajstić information content (AvgIpc) is 2.87. The molecule has 1 aliphatic rings. The van der Waals surface area contributed by atoms with Crippen molar-refractivity contribution in [1.82, 2.24) is 14.6 Å². The summed E-state index contributed by atoms with van der Waals surface area (Å²) in [6, 6.07) is 3.67. The zero-order chi connectivity index (χ0) is 8.84. The summed E-state index contributed by atoms with van der Waals surface area (Å²) < 4.78 is 1.75. The second-order valence-corrected chi connectivity index (χ2v) is 3.50. The normalized spacial score (nSPS) is 16.6. The molecule has 0 aromatic carbocycles. The summed E-state index contributed by atoms with van der Waals surface area (Å²) in [5, 5.41) is 4.14. The molecule has 4 nitrogen and oxygen atoms in total. The fourth-order valence-electron chi connectivity index (χ4n) is 1.49. The van der Waals surface area contributed by atoms with Crippen LogP contribution in [-0.4, -0.2) is 14.6 Å². The van der Waals surface area contributed by atoms with E-state index >= 15 is 0 Å². The van der Waals surface area contributed by atoms with Gasteiger partial charge in [0, 0.05) is 5.92 Å². The maximum Gasteiger partial charge on any atom is 0.153 e. The number of anilines is 1. The van der Waals surface area contributed by atoms with Crippen molar-refractivity contribution >= 4 is 11.5 Å². The van der Waals surface area contributed by atoms with E-state index in [2.05, 4.69) is 10.1 Å². The molecule has 2 aromatic heterocycles. The van der Waals surface area contributed by atoms with Crippen molar-refractivity contribution in [3.8, 4) is 0 Å². The van der Waals surface area contributed by atoms with E-state index in [0.29, 0.717) is 11.7 Å². The second-order valence-electron chi connectivity index (χ2n) is 3.50. The van der Waals surface area contributed by atoms with Gasteiger partial charge >= 0.3 is 0 Å². The van der Waals surface area contributed by atoms with Gasteiger partial charge in [-0.1, -0.05) is 0 Å². The van der Waals surface area contributed by atoms with Crippen LogP contribution in [-0.2, 0) is 0 Å². The SMILES string of the molecule is Nc1ccc2nc(C3CC3)cn2n1. The van der Waals surface area contributed by atoms with Crippen molar-refractivity contribution < 1.29 is 0 Å². The van der Waals surface area contributed by atoms with Crippen LogP contribution in [0.2, 0.25) is 0 Å². The van der Waals surface area contributed by atoms with E-state index in [1.54, 1.807) is 10.6 Å². The number of fused-ring (bicyclic) bond motifs is 1. The average molecular weight is 174 g/mol. The number of rotatable bonds is 1. The van der Waals surface area contributed by atoms with Crippen molar-refractivity contribution in [2.75, 3.05) is 5.73 Å². The molecule has 0 saturated heterocycles. The molecule has 0 amide bonds. The summed E-state index contributed by atoms with van der Waals surface area (Å²) in [6.07, 6.45) is 4.50. The van der Waals surface area contributed by atoms with Gasteiger partial charge in [0.2, 0.25) is 0 Å². The Kier molecular flexibility index (Phi) is 1.17. The number of aromatic nitrogens is 3. The van der Waals surface area contributed by atoms with Gasteiger partial charge in [0.25, 0.3) is 0 Å². The van der Waals surface area contributed by atoms with Crippen LogP contribution in [0.3, 0.4) is 0 Å². The fraction of sp³-hybridized carbons (Fsp3) is 0.333. The Bertz CT molecular complexity index is 456. The molecule has 1 fully saturated rings. The number of imidazole rings is 1. The van der Waals surface area contributed by atoms with Crippen LogP contribution >= 0.6 is 0 Å². The Morgan fingerprint density at radius 1 is 1.38 bits per heavy atom. The second kappa shape index (κ2) is 2.22. The van der Waals surface area contributed by atoms with Crippen LogP contribution < -0.4 is 5.73 Å². The highest BCUT2D eigenvalue weighted by Gasteiger charge is 2.26. The molecule has 0 unspecified atom stereocenters. The van der Waals surface area contributed by atoms with Gasteiger partial charge in [-0.05, 0) is 25.0 Å². The van der Waals surface area contributed by atoms with Gasteiger partial charge < -0.3 is 5.73 Å². The molecule has 0 atom stereocenters. The van der Waals surface area contributed by atoms with Crippen LogP contribution in [0.15, 0.2) is 18.3 Å². The van der Waals surface area contributed by atoms with Crippen molar-refractivity contribution in [3.05, 3.63) is 24.0 Å². The number of hydrogen-bond acceptors (Lipinski definition) is 3. The van der Waals surface area contributed by atoms with Crippen molar-refractivity contribution in [3.63, 3.8) is 0 Å². The van der Waals surface area contributed by atoms with Crippen molar-refractivity contribution in [2.45, 2.75) is 18.8 Å². The minimum atomic E-state index is 0.534. The lowest BCUT2D eigenvalue weighted by Gasteiger charge is -1.91. The summed E-state index contributed by atoms with van der Waals surface area (Å²) in [4.78, 5) is 4.46. The molecule has 1 aliphatic carbocycles. The Hall–Kier alpha value is -1.58. The largest absolute Gasteiger partial charge is 0.382 e. The van der Waals surface area contributed by atoms with Gasteiger partial charge in [-0.3, -0.25) is 0 Å². The molecule has 2 N–H and O–H groups in total. The third kappa shape index (κ3) is 1.06. The predicted octanol–water partition coefficient (Wildman–Crippen LogP) is 1.19. The van der Waals surface area contributed by atoms with E-state index in [-0.39, 0.29) is 0 Å². The molecular formula is C9H10N4. The minimum Gasteiger partial charge on any atom is -0.382 e. The first kappa shape index (κ1) is 6.88. The number of nitrogen functional groups attached to an aromatic ring is 1. The Morgan fingerprint density at radius 2 is 2.23 bits per heavy atom. The first-order chi connectivity index (χ1) is 6.33. The van der Waals surface area contributed by atoms with Gasteiger partial charge in [-0.15, -0.1) is 5.10 Å². The van der Waals surface area contributed by atoms with E-state index in [9.17, 15) is 0 Å². The standard InChI is InChI=1S/C9H10N4/c10-8-3-4-9-11-7(6-1-2-6)5-13(9)12-8/h3-6H,1-2H2,(H2,10,12). The van der Waals surface area contributed by atoms with E-state index in [1.165, 1.54) is 12.8 Å². The van der Waals surface area contributed by atoms with Crippen LogP contribution in [0.4, 0.5) is 5.82 Å². The number of hydrogen-bond donors (Lipinski definition) is 1. The monoisotopic (exact) mass is 174 g/mol. The van der Waals surface area contributed by atoms with Gasteiger partial charge in [-0.2, -0.15) is 0 Å². The molecule has 4 heteroatoms. The minimum absolute atomic E-state index is 0.534. The van der Waals surface area contributed by atoms with E-state index in [1.807, 2.05) is 12.3 Å². The molecule has 0 radical (unpaired) electrons. The predicted molar refractivity (Wildman–Crippen MR) is 49.4 cm³/mol. The molecule has 0 bridgehead atoms. The van der Waals surface area contributed by atoms with Crippen molar-refractivity contribution in [2.24, 2.45) is 0 Å². The van der Waals surface area contributed by atoms with Gasteiger partial charge in [0.1, 0.15) is 5.82 Å². The Labute approximate surface area is 75.4 Å². The van der Waals surface area contributed by atoms with Crippen LogP contribution in [0.1, 0.15) is 24.5 Å². The molecule has 1 saturated carbocycles. The molecule has 0 aliphatic heterocycles. The molecule has 2 aromatic rings. The van der Waals surface area contributed by atoms with Gasteiger partial charge in [0.15, 0.2) is 5.65 Å². The molecule has 13 heavy (non-hydrogen) atoms. The van der Waals surface area contributed by atoms with Crippen LogP contribution in [0.5, 0.6) is 0 Å². The van der Waals surface area contributed by atoms with Crippen LogP contribution in [0, 0.1) is 0 Å². The number of nitrogens with two attached hydrogens (primary N) is 1. The zero-order valence-electron chi connectivity index (χ0n) is 7.14. The molecule has 0 spiro atoms. The topological polar surface area (TPSA) is 56.2 Å². The maximum atomic E-state index is 5.57. The summed E-state index contributed by atoms with van der Waals surface area (Å²) in [5.41, 5.74) is 7.60. The van der Waals surface area contributed by atoms with Crippen molar-refractivity contribution in [1.29, 1.82) is 0 Å². The smallest absolute Gasteiger partial charge is 0.153 e. The molecule has 66 valence electrons. The lowest BCUT2D eigenvalue weighted by molar-refractivity contribution is 0.939. The number of nitrogens with zero attached hydrogens (tertiary/aromatic N) is 3. The highest BCUT2D eigenvalue weighted by atomic mass is 15.3. The molecular weight excluding hydrogens is 164 g/mol. The summed E-state index contributed by atoms with van der Waals surface area (Å²) in [6.45, 7) is 0. The Morgan fingerprint density at radius 3 is 3.00 bits per heavy atom. The lowest BCUT2D eigenvalue weighted by Crippen LogP contribution is -1.95. The van der Waals surface area contributed by atoms with E-state index < -0.39 is 0 Å². The fourth-order valence-corrected chi connectivity index (χ4v) is 1.49. The summed E-state index contributed by atoms with van der Waals surface area (Å²) >= 11 is 0. The quantitative estimate of drug-likeness (QED) is 0.706. The first-order valence-corrected chi connectivity index (χ1v) is 4.45. The third-order valence-corrected chi connectivity index (χ3v) is 2.35. The van der Waals surface area contributed by atoms with Gasteiger partial charge in [0.05, 0.1) is 11.9 Å². The first-order valence-electron chi connectivity index (χ1n) is 4.45. The highest BCUT2D eigenvalue weighted by molar-refractivity contribution is 5.43. The van der Waals surface area contributed by atoms with Gasteiger partial charge in [-0.25, -0.2) is 9.50 Å². The van der Waals surface area contributed by atoms with Crippen LogP contribution in [0.25, 0.3) is 5.65 Å². The van der Waals surface area contributed by atoms with E-state index in [0.717, 1.165) is 11.3 Å². The zero-order valence-corrected chi connectivity index (χ0v) is 7.14. The third-order valence-electron chi connectivity index (χ3n) is 2.35. The Balaban J connectivity index is 2.20. The van der Waals surface area contributed by atoms with E-state index in [4.69, 9.17) is 5.73 Å². The molecule has 3 rings (SSSR count). The molecule has 2 heterocycles. The maximum absolute atomic E-state index is 5.57.